The molecule has 1 amide bonds. The molecular weight excluding hydrogens is 380 g/mol. The van der Waals surface area contributed by atoms with Gasteiger partial charge in [0.15, 0.2) is 0 Å². The number of H-pyrrole nitrogens is 1. The van der Waals surface area contributed by atoms with E-state index in [-0.39, 0.29) is 17.9 Å². The molecule has 3 aromatic heterocycles. The van der Waals surface area contributed by atoms with E-state index in [0.29, 0.717) is 24.2 Å². The Labute approximate surface area is 176 Å². The Balaban J connectivity index is 1.61. The van der Waals surface area contributed by atoms with Gasteiger partial charge in [0, 0.05) is 50.2 Å². The standard InChI is InChI=1S/C22H30N6O2/c1-6-28(7-2)18-10-8-16(12-23-18)13-24-19(29)11-9-17-14(3)20-15(4)26-27(5)21(20)25-22(17)30/h8,10,12H,6-7,9,11,13H2,1-5H3,(H,24,29)(H,25,30). The van der Waals surface area contributed by atoms with Gasteiger partial charge in [-0.1, -0.05) is 6.07 Å². The number of anilines is 1. The van der Waals surface area contributed by atoms with Crippen LogP contribution < -0.4 is 15.8 Å². The number of nitrogens with one attached hydrogen (secondary N) is 2. The van der Waals surface area contributed by atoms with Crippen molar-refractivity contribution in [1.82, 2.24) is 25.1 Å². The highest BCUT2D eigenvalue weighted by Gasteiger charge is 2.16. The minimum Gasteiger partial charge on any atom is -0.357 e. The maximum absolute atomic E-state index is 12.5. The van der Waals surface area contributed by atoms with Crippen LogP contribution in [0.25, 0.3) is 11.0 Å². The zero-order valence-corrected chi connectivity index (χ0v) is 18.4. The quantitative estimate of drug-likeness (QED) is 0.594. The van der Waals surface area contributed by atoms with E-state index in [1.165, 1.54) is 0 Å². The van der Waals surface area contributed by atoms with Gasteiger partial charge in [0.05, 0.1) is 5.69 Å². The fraction of sp³-hybridized carbons (Fsp3) is 0.455. The molecule has 0 aliphatic heterocycles. The maximum atomic E-state index is 12.5. The number of nitrogens with zero attached hydrogens (tertiary/aromatic N) is 4. The highest BCUT2D eigenvalue weighted by atomic mass is 16.1. The molecule has 0 fully saturated rings. The maximum Gasteiger partial charge on any atom is 0.253 e. The van der Waals surface area contributed by atoms with Crippen LogP contribution in [0.1, 0.15) is 42.7 Å². The van der Waals surface area contributed by atoms with E-state index in [0.717, 1.165) is 41.1 Å². The molecule has 0 aliphatic rings. The summed E-state index contributed by atoms with van der Waals surface area (Å²) < 4.78 is 1.68. The second-order valence-corrected chi connectivity index (χ2v) is 7.46. The first-order chi connectivity index (χ1) is 14.3. The van der Waals surface area contributed by atoms with Crippen LogP contribution >= 0.6 is 0 Å². The summed E-state index contributed by atoms with van der Waals surface area (Å²) in [5, 5.41) is 8.24. The predicted molar refractivity (Wildman–Crippen MR) is 119 cm³/mol. The van der Waals surface area contributed by atoms with Crippen molar-refractivity contribution in [3.8, 4) is 0 Å². The molecule has 0 unspecified atom stereocenters. The molecule has 160 valence electrons. The monoisotopic (exact) mass is 410 g/mol. The number of pyridine rings is 2. The first-order valence-electron chi connectivity index (χ1n) is 10.4. The van der Waals surface area contributed by atoms with E-state index in [1.807, 2.05) is 26.0 Å². The van der Waals surface area contributed by atoms with Crippen LogP contribution in [-0.2, 0) is 24.8 Å². The summed E-state index contributed by atoms with van der Waals surface area (Å²) >= 11 is 0. The lowest BCUT2D eigenvalue weighted by atomic mass is 10.0. The van der Waals surface area contributed by atoms with Gasteiger partial charge in [0.25, 0.3) is 5.56 Å². The molecule has 3 aromatic rings. The molecule has 3 heterocycles. The Morgan fingerprint density at radius 1 is 1.23 bits per heavy atom. The zero-order chi connectivity index (χ0) is 21.8. The van der Waals surface area contributed by atoms with Crippen LogP contribution in [0.5, 0.6) is 0 Å². The number of amides is 1. The zero-order valence-electron chi connectivity index (χ0n) is 18.4. The van der Waals surface area contributed by atoms with Crippen LogP contribution in [0.3, 0.4) is 0 Å². The SMILES string of the molecule is CCN(CC)c1ccc(CNC(=O)CCc2c(C)c3c(C)nn(C)c3[nH]c2=O)cn1. The molecule has 0 bridgehead atoms. The van der Waals surface area contributed by atoms with Crippen molar-refractivity contribution in [3.05, 3.63) is 51.1 Å². The predicted octanol–water partition coefficient (Wildman–Crippen LogP) is 2.37. The summed E-state index contributed by atoms with van der Waals surface area (Å²) in [6.45, 7) is 10.3. The number of hydrogen-bond acceptors (Lipinski definition) is 5. The van der Waals surface area contributed by atoms with Crippen LogP contribution in [0.4, 0.5) is 5.82 Å². The van der Waals surface area contributed by atoms with Gasteiger partial charge in [-0.15, -0.1) is 0 Å². The Morgan fingerprint density at radius 2 is 1.97 bits per heavy atom. The van der Waals surface area contributed by atoms with Crippen LogP contribution in [-0.4, -0.2) is 38.7 Å². The number of aromatic nitrogens is 4. The smallest absolute Gasteiger partial charge is 0.253 e. The van der Waals surface area contributed by atoms with Crippen molar-refractivity contribution in [2.24, 2.45) is 7.05 Å². The lowest BCUT2D eigenvalue weighted by Gasteiger charge is -2.19. The van der Waals surface area contributed by atoms with Crippen molar-refractivity contribution < 1.29 is 4.79 Å². The number of carbonyl (C=O) groups excluding carboxylic acids is 1. The largest absolute Gasteiger partial charge is 0.357 e. The molecule has 3 rings (SSSR count). The molecule has 0 saturated heterocycles. The molecular formula is C22H30N6O2. The lowest BCUT2D eigenvalue weighted by Crippen LogP contribution is -2.25. The summed E-state index contributed by atoms with van der Waals surface area (Å²) in [6, 6.07) is 3.96. The highest BCUT2D eigenvalue weighted by Crippen LogP contribution is 2.21. The Morgan fingerprint density at radius 3 is 2.60 bits per heavy atom. The number of fused-ring (bicyclic) bond motifs is 1. The fourth-order valence-electron chi connectivity index (χ4n) is 3.84. The van der Waals surface area contributed by atoms with E-state index in [9.17, 15) is 9.59 Å². The van der Waals surface area contributed by atoms with Crippen molar-refractivity contribution in [2.45, 2.75) is 47.1 Å². The van der Waals surface area contributed by atoms with E-state index >= 15 is 0 Å². The summed E-state index contributed by atoms with van der Waals surface area (Å²) in [6.07, 6.45) is 2.43. The van der Waals surface area contributed by atoms with Crippen LogP contribution in [0.15, 0.2) is 23.1 Å². The Hall–Kier alpha value is -3.16. The molecule has 8 heteroatoms. The second kappa shape index (κ2) is 9.11. The molecule has 0 radical (unpaired) electrons. The van der Waals surface area contributed by atoms with E-state index in [1.54, 1.807) is 17.9 Å². The summed E-state index contributed by atoms with van der Waals surface area (Å²) in [7, 11) is 1.81. The summed E-state index contributed by atoms with van der Waals surface area (Å²) in [5.74, 6) is 0.843. The third kappa shape index (κ3) is 4.37. The molecule has 30 heavy (non-hydrogen) atoms. The van der Waals surface area contributed by atoms with Gasteiger partial charge in [0.2, 0.25) is 5.91 Å². The van der Waals surface area contributed by atoms with Crippen LogP contribution in [0, 0.1) is 13.8 Å². The van der Waals surface area contributed by atoms with Gasteiger partial charge in [-0.2, -0.15) is 5.10 Å². The number of carbonyl (C=O) groups is 1. The van der Waals surface area contributed by atoms with Gasteiger partial charge in [-0.3, -0.25) is 14.3 Å². The third-order valence-electron chi connectivity index (χ3n) is 5.54. The first-order valence-corrected chi connectivity index (χ1v) is 10.4. The molecule has 0 atom stereocenters. The molecule has 0 aromatic carbocycles. The summed E-state index contributed by atoms with van der Waals surface area (Å²) in [4.78, 5) is 34.4. The third-order valence-corrected chi connectivity index (χ3v) is 5.54. The first kappa shape index (κ1) is 21.5. The summed E-state index contributed by atoms with van der Waals surface area (Å²) in [5.41, 5.74) is 3.89. The average Bonchev–Trinajstić information content (AvgIpc) is 3.01. The average molecular weight is 411 g/mol. The van der Waals surface area contributed by atoms with E-state index < -0.39 is 0 Å². The second-order valence-electron chi connectivity index (χ2n) is 7.46. The molecule has 0 spiro atoms. The normalized spacial score (nSPS) is 11.1. The van der Waals surface area contributed by atoms with Gasteiger partial charge in [-0.25, -0.2) is 4.98 Å². The topological polar surface area (TPSA) is 95.9 Å². The van der Waals surface area contributed by atoms with Crippen LogP contribution in [0.2, 0.25) is 0 Å². The number of aromatic amines is 1. The minimum atomic E-state index is -0.160. The van der Waals surface area contributed by atoms with E-state index in [2.05, 4.69) is 39.1 Å². The number of rotatable bonds is 8. The van der Waals surface area contributed by atoms with Gasteiger partial charge in [-0.05, 0) is 51.3 Å². The molecule has 0 saturated carbocycles. The lowest BCUT2D eigenvalue weighted by molar-refractivity contribution is -0.121. The van der Waals surface area contributed by atoms with Crippen molar-refractivity contribution in [1.29, 1.82) is 0 Å². The van der Waals surface area contributed by atoms with Crippen molar-refractivity contribution in [3.63, 3.8) is 0 Å². The molecule has 2 N–H and O–H groups in total. The molecule has 0 aliphatic carbocycles. The van der Waals surface area contributed by atoms with Crippen molar-refractivity contribution >= 4 is 22.8 Å². The Kier molecular flexibility index (Phi) is 6.54. The number of hydrogen-bond donors (Lipinski definition) is 2. The fourth-order valence-corrected chi connectivity index (χ4v) is 3.84. The van der Waals surface area contributed by atoms with E-state index in [4.69, 9.17) is 0 Å². The van der Waals surface area contributed by atoms with Gasteiger partial charge < -0.3 is 15.2 Å². The molecule has 8 nitrogen and oxygen atoms in total. The Bertz CT molecular complexity index is 1090. The highest BCUT2D eigenvalue weighted by molar-refractivity contribution is 5.83. The van der Waals surface area contributed by atoms with Gasteiger partial charge >= 0.3 is 0 Å². The minimum absolute atomic E-state index is 0.0929. The van der Waals surface area contributed by atoms with Crippen molar-refractivity contribution in [2.75, 3.05) is 18.0 Å². The number of aryl methyl sites for hydroxylation is 3. The van der Waals surface area contributed by atoms with Gasteiger partial charge in [0.1, 0.15) is 11.5 Å².